The fourth-order valence-electron chi connectivity index (χ4n) is 0.0680. The molecule has 34 valence electrons. The van der Waals surface area contributed by atoms with E-state index in [9.17, 15) is 4.39 Å². The molecule has 2 heteroatoms. The Hall–Kier alpha value is -0.550. The Kier molecular flexibility index (Phi) is 2.43. The van der Waals surface area contributed by atoms with E-state index in [0.29, 0.717) is 0 Å². The fourth-order valence-corrected chi connectivity index (χ4v) is 0.0680. The summed E-state index contributed by atoms with van der Waals surface area (Å²) >= 11 is 0. The topological polar surface area (TPSA) is 9.23 Å². The smallest absolute Gasteiger partial charge is 0.261 e. The van der Waals surface area contributed by atoms with Crippen LogP contribution in [-0.4, -0.2) is 13.5 Å². The van der Waals surface area contributed by atoms with Gasteiger partial charge in [0.25, 0.3) is 6.36 Å². The summed E-state index contributed by atoms with van der Waals surface area (Å²) in [5, 5.41) is 0. The molecule has 0 amide bonds. The van der Waals surface area contributed by atoms with E-state index in [1.807, 2.05) is 0 Å². The molecule has 0 rings (SSSR count). The lowest BCUT2D eigenvalue weighted by Crippen LogP contribution is -1.95. The van der Waals surface area contributed by atoms with Crippen molar-refractivity contribution in [3.63, 3.8) is 0 Å². The summed E-state index contributed by atoms with van der Waals surface area (Å²) in [6.07, 6.45) is 3.00. The predicted octanol–water partition coefficient (Wildman–Crippen LogP) is 0.562. The zero-order chi connectivity index (χ0) is 4.99. The molecule has 0 bridgehead atoms. The van der Waals surface area contributed by atoms with Crippen molar-refractivity contribution in [2.24, 2.45) is 0 Å². The van der Waals surface area contributed by atoms with E-state index in [1.54, 1.807) is 5.92 Å². The highest BCUT2D eigenvalue weighted by atomic mass is 19.1. The van der Waals surface area contributed by atoms with Crippen molar-refractivity contribution in [1.82, 2.24) is 0 Å². The Morgan fingerprint density at radius 3 is 2.50 bits per heavy atom. The van der Waals surface area contributed by atoms with Crippen molar-refractivity contribution in [2.45, 2.75) is 6.36 Å². The first-order valence-corrected chi connectivity index (χ1v) is 1.44. The van der Waals surface area contributed by atoms with Gasteiger partial charge in [-0.25, -0.2) is 4.39 Å². The van der Waals surface area contributed by atoms with Gasteiger partial charge in [0.15, 0.2) is 0 Å². The van der Waals surface area contributed by atoms with E-state index >= 15 is 0 Å². The maximum absolute atomic E-state index is 11.4. The molecular weight excluding hydrogens is 83.0 g/mol. The van der Waals surface area contributed by atoms with E-state index in [0.717, 1.165) is 0 Å². The van der Waals surface area contributed by atoms with Crippen LogP contribution >= 0.6 is 0 Å². The molecule has 0 aliphatic carbocycles. The Morgan fingerprint density at radius 1 is 2.00 bits per heavy atom. The van der Waals surface area contributed by atoms with Crippen molar-refractivity contribution in [1.29, 1.82) is 0 Å². The fraction of sp³-hybridized carbons (Fsp3) is 0.500. The van der Waals surface area contributed by atoms with Crippen molar-refractivity contribution in [3.05, 3.63) is 0 Å². The third-order valence-corrected chi connectivity index (χ3v) is 0.338. The lowest BCUT2D eigenvalue weighted by Gasteiger charge is -1.89. The van der Waals surface area contributed by atoms with E-state index < -0.39 is 6.36 Å². The Labute approximate surface area is 36.1 Å². The van der Waals surface area contributed by atoms with Gasteiger partial charge >= 0.3 is 0 Å². The second-order valence-corrected chi connectivity index (χ2v) is 0.718. The lowest BCUT2D eigenvalue weighted by atomic mass is 10.7. The van der Waals surface area contributed by atoms with E-state index in [1.165, 1.54) is 7.11 Å². The zero-order valence-corrected chi connectivity index (χ0v) is 3.44. The summed E-state index contributed by atoms with van der Waals surface area (Å²) in [6, 6.07) is 0. The van der Waals surface area contributed by atoms with Crippen LogP contribution in [0.2, 0.25) is 0 Å². The first-order chi connectivity index (χ1) is 2.81. The number of terminal acetylenes is 1. The van der Waals surface area contributed by atoms with Gasteiger partial charge in [-0.05, 0) is 5.92 Å². The van der Waals surface area contributed by atoms with Crippen LogP contribution < -0.4 is 0 Å². The Balaban J connectivity index is 3.04. The van der Waals surface area contributed by atoms with Crippen molar-refractivity contribution in [2.75, 3.05) is 7.11 Å². The van der Waals surface area contributed by atoms with E-state index in [4.69, 9.17) is 0 Å². The van der Waals surface area contributed by atoms with Gasteiger partial charge in [-0.2, -0.15) is 0 Å². The molecule has 0 saturated carbocycles. The van der Waals surface area contributed by atoms with Crippen LogP contribution in [0.4, 0.5) is 4.39 Å². The van der Waals surface area contributed by atoms with Crippen molar-refractivity contribution < 1.29 is 9.13 Å². The average Bonchev–Trinajstić information content (AvgIpc) is 1.65. The summed E-state index contributed by atoms with van der Waals surface area (Å²) < 4.78 is 15.4. The SMILES string of the molecule is C#CC(F)OC. The summed E-state index contributed by atoms with van der Waals surface area (Å²) in [7, 11) is 1.21. The van der Waals surface area contributed by atoms with Gasteiger partial charge in [-0.3, -0.25) is 0 Å². The molecule has 0 aliphatic heterocycles. The van der Waals surface area contributed by atoms with E-state index in [-0.39, 0.29) is 0 Å². The van der Waals surface area contributed by atoms with Gasteiger partial charge in [0.05, 0.1) is 0 Å². The van der Waals surface area contributed by atoms with Crippen LogP contribution in [0.5, 0.6) is 0 Å². The summed E-state index contributed by atoms with van der Waals surface area (Å²) in [6.45, 7) is 0. The minimum absolute atomic E-state index is 1.21. The standard InChI is InChI=1S/C4H5FO/c1-3-4(5)6-2/h1,4H,2H3. The van der Waals surface area contributed by atoms with Crippen LogP contribution in [0, 0.1) is 12.3 Å². The molecule has 0 aromatic heterocycles. The average molecular weight is 88.1 g/mol. The number of rotatable bonds is 1. The number of methoxy groups -OCH3 is 1. The monoisotopic (exact) mass is 88.0 g/mol. The molecule has 1 atom stereocenters. The predicted molar refractivity (Wildman–Crippen MR) is 20.7 cm³/mol. The number of ether oxygens (including phenoxy) is 1. The van der Waals surface area contributed by atoms with Gasteiger partial charge in [0.1, 0.15) is 0 Å². The van der Waals surface area contributed by atoms with Crippen LogP contribution in [0.1, 0.15) is 0 Å². The quantitative estimate of drug-likeness (QED) is 0.425. The molecule has 0 spiro atoms. The molecule has 0 heterocycles. The summed E-state index contributed by atoms with van der Waals surface area (Å²) in [5.74, 6) is 1.73. The Morgan fingerprint density at radius 2 is 2.50 bits per heavy atom. The van der Waals surface area contributed by atoms with Gasteiger partial charge in [-0.1, -0.05) is 0 Å². The molecule has 0 aromatic rings. The first-order valence-electron chi connectivity index (χ1n) is 1.44. The third kappa shape index (κ3) is 1.74. The minimum Gasteiger partial charge on any atom is -0.342 e. The van der Waals surface area contributed by atoms with Crippen LogP contribution in [0.3, 0.4) is 0 Å². The number of alkyl halides is 1. The molecular formula is C4H5FO. The highest BCUT2D eigenvalue weighted by Gasteiger charge is 1.90. The number of hydrogen-bond acceptors (Lipinski definition) is 1. The zero-order valence-electron chi connectivity index (χ0n) is 3.44. The molecule has 1 unspecified atom stereocenters. The van der Waals surface area contributed by atoms with Crippen molar-refractivity contribution in [3.8, 4) is 12.3 Å². The van der Waals surface area contributed by atoms with Crippen LogP contribution in [0.25, 0.3) is 0 Å². The number of halogens is 1. The molecule has 0 fully saturated rings. The van der Waals surface area contributed by atoms with Gasteiger partial charge < -0.3 is 4.74 Å². The third-order valence-electron chi connectivity index (χ3n) is 0.338. The Bertz CT molecular complexity index is 64.4. The minimum atomic E-state index is -1.54. The second-order valence-electron chi connectivity index (χ2n) is 0.718. The molecule has 0 N–H and O–H groups in total. The van der Waals surface area contributed by atoms with Gasteiger partial charge in [-0.15, -0.1) is 6.42 Å². The van der Waals surface area contributed by atoms with Crippen LogP contribution in [0.15, 0.2) is 0 Å². The van der Waals surface area contributed by atoms with Gasteiger partial charge in [0, 0.05) is 7.11 Å². The molecule has 0 radical (unpaired) electrons. The highest BCUT2D eigenvalue weighted by Crippen LogP contribution is 1.83. The molecule has 0 aliphatic rings. The largest absolute Gasteiger partial charge is 0.342 e. The van der Waals surface area contributed by atoms with Crippen molar-refractivity contribution >= 4 is 0 Å². The summed E-state index contributed by atoms with van der Waals surface area (Å²) in [5.41, 5.74) is 0. The normalized spacial score (nSPS) is 12.8. The molecule has 0 saturated heterocycles. The van der Waals surface area contributed by atoms with E-state index in [2.05, 4.69) is 11.2 Å². The van der Waals surface area contributed by atoms with Gasteiger partial charge in [0.2, 0.25) is 0 Å². The lowest BCUT2D eigenvalue weighted by molar-refractivity contribution is 0.0432. The van der Waals surface area contributed by atoms with Crippen LogP contribution in [-0.2, 0) is 4.74 Å². The molecule has 6 heavy (non-hydrogen) atoms. The summed E-state index contributed by atoms with van der Waals surface area (Å²) in [4.78, 5) is 0. The number of hydrogen-bond donors (Lipinski definition) is 0. The molecule has 1 nitrogen and oxygen atoms in total. The second kappa shape index (κ2) is 2.67. The molecule has 0 aromatic carbocycles. The highest BCUT2D eigenvalue weighted by molar-refractivity contribution is 4.87. The first kappa shape index (κ1) is 5.45. The maximum Gasteiger partial charge on any atom is 0.261 e. The maximum atomic E-state index is 11.4.